The number of hydrogen-bond acceptors (Lipinski definition) is 5. The maximum absolute atomic E-state index is 12.6. The molecular weight excluding hydrogens is 346 g/mol. The van der Waals surface area contributed by atoms with E-state index in [2.05, 4.69) is 15.6 Å². The summed E-state index contributed by atoms with van der Waals surface area (Å²) < 4.78 is 11.1. The molecule has 2 amide bonds. The Bertz CT molecular complexity index is 879. The Morgan fingerprint density at radius 2 is 2.11 bits per heavy atom. The molecule has 1 unspecified atom stereocenters. The van der Waals surface area contributed by atoms with Gasteiger partial charge in [-0.15, -0.1) is 0 Å². The third kappa shape index (κ3) is 3.86. The molecular formula is C20H21N3O4. The zero-order valence-corrected chi connectivity index (χ0v) is 15.0. The van der Waals surface area contributed by atoms with Crippen LogP contribution in [-0.2, 0) is 11.2 Å². The maximum Gasteiger partial charge on any atom is 0.251 e. The molecule has 1 aromatic heterocycles. The second kappa shape index (κ2) is 7.26. The van der Waals surface area contributed by atoms with E-state index in [0.717, 1.165) is 24.2 Å². The highest BCUT2D eigenvalue weighted by Crippen LogP contribution is 2.34. The van der Waals surface area contributed by atoms with Crippen LogP contribution >= 0.6 is 0 Å². The summed E-state index contributed by atoms with van der Waals surface area (Å²) in [4.78, 5) is 28.6. The zero-order chi connectivity index (χ0) is 18.8. The van der Waals surface area contributed by atoms with Gasteiger partial charge in [-0.2, -0.15) is 0 Å². The van der Waals surface area contributed by atoms with Crippen LogP contribution in [-0.4, -0.2) is 36.6 Å². The van der Waals surface area contributed by atoms with Crippen LogP contribution in [0.3, 0.4) is 0 Å². The number of fused-ring (bicyclic) bond motifs is 1. The van der Waals surface area contributed by atoms with Crippen molar-refractivity contribution in [3.63, 3.8) is 0 Å². The van der Waals surface area contributed by atoms with E-state index < -0.39 is 0 Å². The minimum absolute atomic E-state index is 0.0358. The van der Waals surface area contributed by atoms with Crippen LogP contribution in [0.15, 0.2) is 36.5 Å². The van der Waals surface area contributed by atoms with E-state index in [9.17, 15) is 9.59 Å². The number of nitrogens with zero attached hydrogens (tertiary/aromatic N) is 1. The Balaban J connectivity index is 1.41. The Morgan fingerprint density at radius 3 is 2.89 bits per heavy atom. The largest absolute Gasteiger partial charge is 0.493 e. The molecule has 7 heteroatoms. The van der Waals surface area contributed by atoms with Gasteiger partial charge in [-0.25, -0.2) is 4.98 Å². The van der Waals surface area contributed by atoms with Gasteiger partial charge in [0, 0.05) is 23.2 Å². The van der Waals surface area contributed by atoms with Gasteiger partial charge in [0.1, 0.15) is 12.4 Å². The van der Waals surface area contributed by atoms with Crippen LogP contribution in [0.25, 0.3) is 0 Å². The second-order valence-corrected chi connectivity index (χ2v) is 6.83. The second-order valence-electron chi connectivity index (χ2n) is 6.83. The molecule has 1 atom stereocenters. The zero-order valence-electron chi connectivity index (χ0n) is 15.0. The van der Waals surface area contributed by atoms with Crippen molar-refractivity contribution in [2.24, 2.45) is 5.92 Å². The summed E-state index contributed by atoms with van der Waals surface area (Å²) in [5.74, 6) is 1.66. The van der Waals surface area contributed by atoms with Gasteiger partial charge in [-0.1, -0.05) is 12.1 Å². The lowest BCUT2D eigenvalue weighted by molar-refractivity contribution is -0.117. The highest BCUT2D eigenvalue weighted by atomic mass is 16.5. The van der Waals surface area contributed by atoms with E-state index >= 15 is 0 Å². The predicted octanol–water partition coefficient (Wildman–Crippen LogP) is 2.17. The van der Waals surface area contributed by atoms with Crippen molar-refractivity contribution in [3.05, 3.63) is 47.7 Å². The highest BCUT2D eigenvalue weighted by Gasteiger charge is 2.30. The molecule has 0 radical (unpaired) electrons. The number of amides is 2. The first-order valence-corrected chi connectivity index (χ1v) is 9.00. The molecule has 2 aromatic rings. The molecule has 27 heavy (non-hydrogen) atoms. The fraction of sp³-hybridized carbons (Fsp3) is 0.350. The summed E-state index contributed by atoms with van der Waals surface area (Å²) in [6.07, 6.45) is 4.02. The first-order valence-electron chi connectivity index (χ1n) is 9.00. The smallest absolute Gasteiger partial charge is 0.251 e. The van der Waals surface area contributed by atoms with Crippen molar-refractivity contribution in [2.45, 2.75) is 25.3 Å². The Morgan fingerprint density at radius 1 is 1.26 bits per heavy atom. The average Bonchev–Trinajstić information content (AvgIpc) is 3.53. The van der Waals surface area contributed by atoms with Gasteiger partial charge in [-0.3, -0.25) is 9.59 Å². The van der Waals surface area contributed by atoms with E-state index in [-0.39, 0.29) is 23.8 Å². The number of methoxy groups -OCH3 is 1. The number of hydrogen-bond donors (Lipinski definition) is 2. The van der Waals surface area contributed by atoms with Crippen molar-refractivity contribution < 1.29 is 19.1 Å². The van der Waals surface area contributed by atoms with Gasteiger partial charge < -0.3 is 20.1 Å². The molecule has 7 nitrogen and oxygen atoms in total. The predicted molar refractivity (Wildman–Crippen MR) is 99.0 cm³/mol. The van der Waals surface area contributed by atoms with Crippen LogP contribution in [0, 0.1) is 5.92 Å². The first-order chi connectivity index (χ1) is 13.1. The number of carbonyl (C=O) groups is 2. The SMILES string of the molecule is COc1cccc2c1OCC(NC(=O)c1ccnc(NC(=O)C3CC3)c1)C2. The first kappa shape index (κ1) is 17.3. The molecule has 0 spiro atoms. The van der Waals surface area contributed by atoms with E-state index in [1.165, 1.54) is 6.20 Å². The van der Waals surface area contributed by atoms with Gasteiger partial charge in [0.2, 0.25) is 5.91 Å². The number of para-hydroxylation sites is 1. The lowest BCUT2D eigenvalue weighted by Gasteiger charge is -2.27. The minimum Gasteiger partial charge on any atom is -0.493 e. The molecule has 140 valence electrons. The number of rotatable bonds is 5. The standard InChI is InChI=1S/C20H21N3O4/c1-26-16-4-2-3-13-9-15(11-27-18(13)16)22-20(25)14-7-8-21-17(10-14)23-19(24)12-5-6-12/h2-4,7-8,10,12,15H,5-6,9,11H2,1H3,(H,22,25)(H,21,23,24). The van der Waals surface area contributed by atoms with Gasteiger partial charge in [0.05, 0.1) is 13.2 Å². The number of anilines is 1. The third-order valence-electron chi connectivity index (χ3n) is 4.73. The minimum atomic E-state index is -0.223. The topological polar surface area (TPSA) is 89.6 Å². The molecule has 2 aliphatic rings. The van der Waals surface area contributed by atoms with Crippen molar-refractivity contribution in [3.8, 4) is 11.5 Å². The summed E-state index contributed by atoms with van der Waals surface area (Å²) in [5, 5.41) is 5.74. The average molecular weight is 367 g/mol. The Labute approximate surface area is 157 Å². The normalized spacial score (nSPS) is 18.0. The van der Waals surface area contributed by atoms with E-state index in [1.54, 1.807) is 19.2 Å². The number of carbonyl (C=O) groups excluding carboxylic acids is 2. The summed E-state index contributed by atoms with van der Waals surface area (Å²) in [5.41, 5.74) is 1.45. The van der Waals surface area contributed by atoms with E-state index in [4.69, 9.17) is 9.47 Å². The van der Waals surface area contributed by atoms with Crippen LogP contribution in [0.2, 0.25) is 0 Å². The van der Waals surface area contributed by atoms with Crippen LogP contribution in [0.1, 0.15) is 28.8 Å². The number of pyridine rings is 1. The van der Waals surface area contributed by atoms with Gasteiger partial charge >= 0.3 is 0 Å². The molecule has 1 aliphatic carbocycles. The lowest BCUT2D eigenvalue weighted by atomic mass is 10.0. The number of aromatic nitrogens is 1. The molecule has 1 fully saturated rings. The summed E-state index contributed by atoms with van der Waals surface area (Å²) >= 11 is 0. The van der Waals surface area contributed by atoms with Gasteiger partial charge in [-0.05, 0) is 37.5 Å². The van der Waals surface area contributed by atoms with Crippen molar-refractivity contribution in [1.29, 1.82) is 0 Å². The van der Waals surface area contributed by atoms with Crippen LogP contribution in [0.4, 0.5) is 5.82 Å². The molecule has 2 heterocycles. The fourth-order valence-corrected chi connectivity index (χ4v) is 3.13. The molecule has 0 bridgehead atoms. The van der Waals surface area contributed by atoms with Crippen molar-refractivity contribution in [1.82, 2.24) is 10.3 Å². The molecule has 4 rings (SSSR count). The monoisotopic (exact) mass is 367 g/mol. The number of nitrogens with one attached hydrogen (secondary N) is 2. The highest BCUT2D eigenvalue weighted by molar-refractivity contribution is 5.97. The quantitative estimate of drug-likeness (QED) is 0.845. The maximum atomic E-state index is 12.6. The molecule has 1 aliphatic heterocycles. The number of ether oxygens (including phenoxy) is 2. The molecule has 2 N–H and O–H groups in total. The van der Waals surface area contributed by atoms with Crippen molar-refractivity contribution >= 4 is 17.6 Å². The Kier molecular flexibility index (Phi) is 4.66. The van der Waals surface area contributed by atoms with Crippen LogP contribution in [0.5, 0.6) is 11.5 Å². The van der Waals surface area contributed by atoms with Gasteiger partial charge in [0.25, 0.3) is 5.91 Å². The summed E-state index contributed by atoms with van der Waals surface area (Å²) in [6.45, 7) is 0.371. The van der Waals surface area contributed by atoms with Crippen molar-refractivity contribution in [2.75, 3.05) is 19.0 Å². The Hall–Kier alpha value is -3.09. The molecule has 0 saturated heterocycles. The fourth-order valence-electron chi connectivity index (χ4n) is 3.13. The summed E-state index contributed by atoms with van der Waals surface area (Å²) in [7, 11) is 1.61. The lowest BCUT2D eigenvalue weighted by Crippen LogP contribution is -2.42. The van der Waals surface area contributed by atoms with Crippen LogP contribution < -0.4 is 20.1 Å². The molecule has 1 saturated carbocycles. The van der Waals surface area contributed by atoms with E-state index in [0.29, 0.717) is 30.2 Å². The third-order valence-corrected chi connectivity index (χ3v) is 4.73. The molecule has 1 aromatic carbocycles. The van der Waals surface area contributed by atoms with Gasteiger partial charge in [0.15, 0.2) is 11.5 Å². The number of benzene rings is 1. The van der Waals surface area contributed by atoms with E-state index in [1.807, 2.05) is 18.2 Å². The summed E-state index contributed by atoms with van der Waals surface area (Å²) in [6, 6.07) is 8.80.